The summed E-state index contributed by atoms with van der Waals surface area (Å²) in [5, 5.41) is 11.6. The van der Waals surface area contributed by atoms with E-state index in [0.29, 0.717) is 17.9 Å². The Morgan fingerprint density at radius 2 is 1.57 bits per heavy atom. The molecule has 10 rings (SSSR count). The number of aliphatic imine (C=N–C) groups is 2. The van der Waals surface area contributed by atoms with Gasteiger partial charge in [0.15, 0.2) is 5.84 Å². The van der Waals surface area contributed by atoms with Crippen LogP contribution in [0.15, 0.2) is 155 Å². The van der Waals surface area contributed by atoms with Gasteiger partial charge in [-0.25, -0.2) is 9.98 Å². The molecular formula is C45H42N6. The standard InChI is InChI=1S/C45H42N6/c1-3-13-29(14-4-1)42-48-43(30-15-5-2-6-16-30)50-44(49-42)33-19-9-17-31(27-33)32-18-10-20-34(28-32)45-47-38-24-11-22-36-35-23-12-26-46-40(35)37-21-7-8-25-39(37)51(45)41(36)38/h1,3-5,7-11,13-20,22,24-25,27-28,35,37,40,44-47H,2,6,12,21,23,26H2,(H,48,49,50). The van der Waals surface area contributed by atoms with Crippen LogP contribution in [-0.4, -0.2) is 24.3 Å². The third-order valence-electron chi connectivity index (χ3n) is 11.4. The second-order valence-corrected chi connectivity index (χ2v) is 14.5. The van der Waals surface area contributed by atoms with Gasteiger partial charge in [-0.1, -0.05) is 109 Å². The molecule has 0 saturated carbocycles. The van der Waals surface area contributed by atoms with Gasteiger partial charge in [0.25, 0.3) is 0 Å². The van der Waals surface area contributed by atoms with Crippen LogP contribution in [0.1, 0.15) is 72.6 Å². The topological polar surface area (TPSA) is 64.0 Å². The van der Waals surface area contributed by atoms with Gasteiger partial charge in [0, 0.05) is 34.7 Å². The number of para-hydroxylation sites is 1. The van der Waals surface area contributed by atoms with Crippen molar-refractivity contribution in [2.24, 2.45) is 15.9 Å². The van der Waals surface area contributed by atoms with Gasteiger partial charge in [0.05, 0.1) is 11.4 Å². The van der Waals surface area contributed by atoms with E-state index >= 15 is 0 Å². The summed E-state index contributed by atoms with van der Waals surface area (Å²) in [5.74, 6) is 2.59. The number of hydrogen-bond acceptors (Lipinski definition) is 6. The van der Waals surface area contributed by atoms with Gasteiger partial charge >= 0.3 is 0 Å². The van der Waals surface area contributed by atoms with Crippen LogP contribution in [0, 0.1) is 5.92 Å². The highest BCUT2D eigenvalue weighted by Gasteiger charge is 2.46. The highest BCUT2D eigenvalue weighted by molar-refractivity contribution is 6.13. The second kappa shape index (κ2) is 12.7. The number of hydrogen-bond donors (Lipinski definition) is 3. The summed E-state index contributed by atoms with van der Waals surface area (Å²) in [4.78, 5) is 12.8. The lowest BCUT2D eigenvalue weighted by Crippen LogP contribution is -2.46. The zero-order valence-corrected chi connectivity index (χ0v) is 28.7. The molecule has 1 saturated heterocycles. The van der Waals surface area contributed by atoms with E-state index in [-0.39, 0.29) is 12.3 Å². The monoisotopic (exact) mass is 666 g/mol. The molecule has 0 radical (unpaired) electrons. The molecule has 51 heavy (non-hydrogen) atoms. The molecule has 5 unspecified atom stereocenters. The van der Waals surface area contributed by atoms with Crippen molar-refractivity contribution in [2.45, 2.75) is 56.4 Å². The lowest BCUT2D eigenvalue weighted by atomic mass is 9.76. The van der Waals surface area contributed by atoms with E-state index in [1.54, 1.807) is 0 Å². The second-order valence-electron chi connectivity index (χ2n) is 14.5. The summed E-state index contributed by atoms with van der Waals surface area (Å²) < 4.78 is 0. The van der Waals surface area contributed by atoms with E-state index in [4.69, 9.17) is 9.98 Å². The first kappa shape index (κ1) is 30.4. The Labute approximate surface area is 300 Å². The fourth-order valence-electron chi connectivity index (χ4n) is 9.06. The smallest absolute Gasteiger partial charge is 0.159 e. The van der Waals surface area contributed by atoms with Crippen molar-refractivity contribution in [2.75, 3.05) is 16.8 Å². The summed E-state index contributed by atoms with van der Waals surface area (Å²) in [7, 11) is 0. The third kappa shape index (κ3) is 5.37. The quantitative estimate of drug-likeness (QED) is 0.199. The number of piperidine rings is 1. The molecular weight excluding hydrogens is 625 g/mol. The summed E-state index contributed by atoms with van der Waals surface area (Å²) in [5.41, 5.74) is 12.4. The van der Waals surface area contributed by atoms with Crippen LogP contribution in [-0.2, 0) is 0 Å². The molecule has 4 aromatic rings. The molecule has 252 valence electrons. The molecule has 1 fully saturated rings. The van der Waals surface area contributed by atoms with Gasteiger partial charge in [0.2, 0.25) is 0 Å². The van der Waals surface area contributed by atoms with Crippen molar-refractivity contribution in [3.8, 4) is 11.1 Å². The normalized spacial score (nSPS) is 25.9. The zero-order valence-electron chi connectivity index (χ0n) is 28.7. The van der Waals surface area contributed by atoms with Crippen LogP contribution < -0.4 is 20.9 Å². The largest absolute Gasteiger partial charge is 0.359 e. The van der Waals surface area contributed by atoms with Gasteiger partial charge in [-0.05, 0) is 90.7 Å². The molecule has 4 aliphatic heterocycles. The van der Waals surface area contributed by atoms with Crippen LogP contribution in [0.25, 0.3) is 11.1 Å². The van der Waals surface area contributed by atoms with E-state index in [0.717, 1.165) is 54.2 Å². The molecule has 0 aromatic heterocycles. The van der Waals surface area contributed by atoms with Gasteiger partial charge in [-0.2, -0.15) is 0 Å². The number of nitrogens with zero attached hydrogens (tertiary/aromatic N) is 3. The average Bonchev–Trinajstić information content (AvgIpc) is 3.56. The van der Waals surface area contributed by atoms with Crippen molar-refractivity contribution in [1.82, 2.24) is 10.6 Å². The average molecular weight is 667 g/mol. The molecule has 5 atom stereocenters. The maximum absolute atomic E-state index is 5.15. The molecule has 0 bridgehead atoms. The van der Waals surface area contributed by atoms with Crippen LogP contribution in [0.5, 0.6) is 0 Å². The van der Waals surface area contributed by atoms with E-state index in [1.165, 1.54) is 52.2 Å². The fourth-order valence-corrected chi connectivity index (χ4v) is 9.06. The Bertz CT molecular complexity index is 2190. The number of nitrogens with one attached hydrogen (secondary N) is 3. The van der Waals surface area contributed by atoms with Gasteiger partial charge < -0.3 is 20.9 Å². The minimum atomic E-state index is -0.256. The van der Waals surface area contributed by atoms with Crippen molar-refractivity contribution in [3.05, 3.63) is 167 Å². The molecule has 0 amide bonds. The van der Waals surface area contributed by atoms with E-state index < -0.39 is 0 Å². The van der Waals surface area contributed by atoms with Crippen molar-refractivity contribution >= 4 is 23.0 Å². The van der Waals surface area contributed by atoms with Gasteiger partial charge in [0.1, 0.15) is 18.2 Å². The summed E-state index contributed by atoms with van der Waals surface area (Å²) >= 11 is 0. The molecule has 6 nitrogen and oxygen atoms in total. The maximum Gasteiger partial charge on any atom is 0.159 e. The Morgan fingerprint density at radius 1 is 0.745 bits per heavy atom. The Morgan fingerprint density at radius 3 is 2.43 bits per heavy atom. The minimum absolute atomic E-state index is 0.0123. The molecule has 4 heterocycles. The van der Waals surface area contributed by atoms with Gasteiger partial charge in [-0.15, -0.1) is 0 Å². The van der Waals surface area contributed by atoms with Crippen LogP contribution >= 0.6 is 0 Å². The first-order valence-corrected chi connectivity index (χ1v) is 18.6. The highest BCUT2D eigenvalue weighted by atomic mass is 15.3. The lowest BCUT2D eigenvalue weighted by molar-refractivity contribution is 0.285. The third-order valence-corrected chi connectivity index (χ3v) is 11.4. The Balaban J connectivity index is 1.01. The minimum Gasteiger partial charge on any atom is -0.359 e. The van der Waals surface area contributed by atoms with Crippen LogP contribution in [0.3, 0.4) is 0 Å². The van der Waals surface area contributed by atoms with Crippen molar-refractivity contribution in [1.29, 1.82) is 0 Å². The van der Waals surface area contributed by atoms with Crippen molar-refractivity contribution in [3.63, 3.8) is 0 Å². The summed E-state index contributed by atoms with van der Waals surface area (Å²) in [6.07, 6.45) is 19.0. The van der Waals surface area contributed by atoms with Crippen LogP contribution in [0.4, 0.5) is 11.4 Å². The van der Waals surface area contributed by atoms with Crippen LogP contribution in [0.2, 0.25) is 0 Å². The predicted molar refractivity (Wildman–Crippen MR) is 209 cm³/mol. The fraction of sp³-hybridized carbons (Fsp3) is 0.244. The summed E-state index contributed by atoms with van der Waals surface area (Å²) in [6.45, 7) is 1.10. The SMILES string of the molecule is C1=CCC2C(=C1)N1c3c(cccc3C3CCCNC23)NC1c1cccc(-c2cccc(C3N=C(c4ccccc4)N=C(C4=CCCC=C4)N3)c2)c1. The highest BCUT2D eigenvalue weighted by Crippen LogP contribution is 2.55. The molecule has 2 aliphatic carbocycles. The zero-order chi connectivity index (χ0) is 33.7. The number of allylic oxidation sites excluding steroid dienone is 5. The van der Waals surface area contributed by atoms with E-state index in [9.17, 15) is 0 Å². The number of amidine groups is 2. The van der Waals surface area contributed by atoms with E-state index in [1.807, 2.05) is 18.2 Å². The number of fused-ring (bicyclic) bond motifs is 5. The van der Waals surface area contributed by atoms with Gasteiger partial charge in [-0.3, -0.25) is 0 Å². The molecule has 0 spiro atoms. The summed E-state index contributed by atoms with van der Waals surface area (Å²) in [6, 6.07) is 35.6. The number of benzene rings is 4. The first-order chi connectivity index (χ1) is 25.3. The predicted octanol–water partition coefficient (Wildman–Crippen LogP) is 9.32. The van der Waals surface area contributed by atoms with E-state index in [2.05, 4.69) is 136 Å². The first-order valence-electron chi connectivity index (χ1n) is 18.6. The Hall–Kier alpha value is -5.46. The molecule has 3 N–H and O–H groups in total. The molecule has 6 heteroatoms. The number of rotatable bonds is 5. The lowest BCUT2D eigenvalue weighted by Gasteiger charge is -2.39. The molecule has 4 aromatic carbocycles. The Kier molecular flexibility index (Phi) is 7.56. The number of anilines is 2. The maximum atomic E-state index is 5.15. The van der Waals surface area contributed by atoms with Crippen molar-refractivity contribution < 1.29 is 0 Å². The molecule has 6 aliphatic rings.